The van der Waals surface area contributed by atoms with E-state index in [0.717, 1.165) is 32.1 Å². The fraction of sp³-hybridized carbons (Fsp3) is 0.867. The van der Waals surface area contributed by atoms with Crippen LogP contribution in [-0.2, 0) is 17.8 Å². The van der Waals surface area contributed by atoms with Gasteiger partial charge in [-0.2, -0.15) is 5.10 Å². The van der Waals surface area contributed by atoms with Crippen molar-refractivity contribution in [1.29, 1.82) is 0 Å². The molecule has 5 nitrogen and oxygen atoms in total. The lowest BCUT2D eigenvalue weighted by Crippen LogP contribution is -2.25. The van der Waals surface area contributed by atoms with E-state index in [1.807, 2.05) is 4.68 Å². The molecule has 1 aliphatic carbocycles. The minimum Gasteiger partial charge on any atom is -0.377 e. The Labute approximate surface area is 122 Å². The van der Waals surface area contributed by atoms with Gasteiger partial charge in [-0.25, -0.2) is 9.67 Å². The first-order valence-corrected chi connectivity index (χ1v) is 7.94. The van der Waals surface area contributed by atoms with Crippen LogP contribution in [-0.4, -0.2) is 34.0 Å². The topological polar surface area (TPSA) is 52.0 Å². The summed E-state index contributed by atoms with van der Waals surface area (Å²) >= 11 is 0. The number of rotatable bonds is 8. The molecule has 0 unspecified atom stereocenters. The third-order valence-electron chi connectivity index (χ3n) is 3.70. The summed E-state index contributed by atoms with van der Waals surface area (Å²) < 4.78 is 7.88. The Hall–Kier alpha value is -0.940. The first-order chi connectivity index (χ1) is 9.75. The standard InChI is InChI=1S/C15H28N4O/c1-13(2)11-19-15(17-12-18-19)10-16-8-9-20-14-6-4-3-5-7-14/h12-14,16H,3-11H2,1-2H3. The van der Waals surface area contributed by atoms with Gasteiger partial charge >= 0.3 is 0 Å². The normalized spacial score (nSPS) is 16.9. The van der Waals surface area contributed by atoms with Crippen molar-refractivity contribution in [3.05, 3.63) is 12.2 Å². The maximum Gasteiger partial charge on any atom is 0.140 e. The number of ether oxygens (including phenoxy) is 1. The second kappa shape index (κ2) is 8.37. The van der Waals surface area contributed by atoms with Gasteiger partial charge in [0.05, 0.1) is 19.3 Å². The van der Waals surface area contributed by atoms with Crippen LogP contribution in [0, 0.1) is 5.92 Å². The van der Waals surface area contributed by atoms with Crippen LogP contribution in [0.5, 0.6) is 0 Å². The van der Waals surface area contributed by atoms with Gasteiger partial charge in [-0.15, -0.1) is 0 Å². The van der Waals surface area contributed by atoms with Crippen LogP contribution in [0.2, 0.25) is 0 Å². The first-order valence-electron chi connectivity index (χ1n) is 7.94. The van der Waals surface area contributed by atoms with E-state index in [4.69, 9.17) is 4.74 Å². The minimum absolute atomic E-state index is 0.496. The predicted molar refractivity (Wildman–Crippen MR) is 79.4 cm³/mol. The van der Waals surface area contributed by atoms with Gasteiger partial charge in [0.15, 0.2) is 0 Å². The van der Waals surface area contributed by atoms with Gasteiger partial charge in [0.2, 0.25) is 0 Å². The molecule has 0 radical (unpaired) electrons. The molecule has 1 saturated carbocycles. The molecule has 1 aliphatic rings. The Morgan fingerprint density at radius 3 is 2.90 bits per heavy atom. The number of nitrogens with one attached hydrogen (secondary N) is 1. The Kier molecular flexibility index (Phi) is 6.47. The number of aromatic nitrogens is 3. The summed E-state index contributed by atoms with van der Waals surface area (Å²) in [5.74, 6) is 1.60. The summed E-state index contributed by atoms with van der Waals surface area (Å²) in [6, 6.07) is 0. The van der Waals surface area contributed by atoms with Crippen LogP contribution in [0.3, 0.4) is 0 Å². The molecule has 0 aromatic carbocycles. The predicted octanol–water partition coefficient (Wildman–Crippen LogP) is 2.37. The Balaban J connectivity index is 1.59. The second-order valence-corrected chi connectivity index (χ2v) is 6.06. The van der Waals surface area contributed by atoms with Crippen molar-refractivity contribution in [3.63, 3.8) is 0 Å². The zero-order valence-corrected chi connectivity index (χ0v) is 12.8. The van der Waals surface area contributed by atoms with E-state index >= 15 is 0 Å². The lowest BCUT2D eigenvalue weighted by Gasteiger charge is -2.22. The molecule has 114 valence electrons. The van der Waals surface area contributed by atoms with Crippen LogP contribution in [0.25, 0.3) is 0 Å². The Morgan fingerprint density at radius 2 is 2.15 bits per heavy atom. The van der Waals surface area contributed by atoms with Gasteiger partial charge in [-0.1, -0.05) is 33.1 Å². The number of hydrogen-bond acceptors (Lipinski definition) is 4. The van der Waals surface area contributed by atoms with Crippen molar-refractivity contribution in [3.8, 4) is 0 Å². The molecule has 0 bridgehead atoms. The van der Waals surface area contributed by atoms with Gasteiger partial charge in [-0.05, 0) is 18.8 Å². The third kappa shape index (κ3) is 5.21. The molecule has 1 fully saturated rings. The molecule has 1 aromatic heterocycles. The summed E-state index contributed by atoms with van der Waals surface area (Å²) in [6.07, 6.45) is 8.65. The van der Waals surface area contributed by atoms with Crippen LogP contribution in [0.4, 0.5) is 0 Å². The van der Waals surface area contributed by atoms with Crippen molar-refractivity contribution in [2.24, 2.45) is 5.92 Å². The van der Waals surface area contributed by atoms with E-state index in [-0.39, 0.29) is 0 Å². The van der Waals surface area contributed by atoms with Gasteiger partial charge in [0, 0.05) is 13.1 Å². The quantitative estimate of drug-likeness (QED) is 0.743. The molecule has 2 rings (SSSR count). The van der Waals surface area contributed by atoms with Crippen LogP contribution >= 0.6 is 0 Å². The molecular weight excluding hydrogens is 252 g/mol. The highest BCUT2D eigenvalue weighted by molar-refractivity contribution is 4.84. The average molecular weight is 280 g/mol. The van der Waals surface area contributed by atoms with Crippen molar-refractivity contribution in [2.45, 2.75) is 65.1 Å². The molecule has 0 aliphatic heterocycles. The summed E-state index contributed by atoms with van der Waals surface area (Å²) in [5, 5.41) is 7.66. The van der Waals surface area contributed by atoms with Crippen molar-refractivity contribution < 1.29 is 4.74 Å². The van der Waals surface area contributed by atoms with Crippen LogP contribution < -0.4 is 5.32 Å². The molecule has 0 saturated heterocycles. The van der Waals surface area contributed by atoms with E-state index in [1.54, 1.807) is 6.33 Å². The summed E-state index contributed by atoms with van der Waals surface area (Å²) in [6.45, 7) is 7.75. The highest BCUT2D eigenvalue weighted by Crippen LogP contribution is 2.19. The van der Waals surface area contributed by atoms with E-state index in [1.165, 1.54) is 32.1 Å². The molecule has 0 spiro atoms. The molecular formula is C15H28N4O. The van der Waals surface area contributed by atoms with Crippen LogP contribution in [0.15, 0.2) is 6.33 Å². The van der Waals surface area contributed by atoms with E-state index in [2.05, 4.69) is 29.2 Å². The summed E-state index contributed by atoms with van der Waals surface area (Å²) in [5.41, 5.74) is 0. The monoisotopic (exact) mass is 280 g/mol. The summed E-state index contributed by atoms with van der Waals surface area (Å²) in [7, 11) is 0. The fourth-order valence-electron chi connectivity index (χ4n) is 2.65. The van der Waals surface area contributed by atoms with Gasteiger partial charge < -0.3 is 10.1 Å². The van der Waals surface area contributed by atoms with E-state index < -0.39 is 0 Å². The number of nitrogens with zero attached hydrogens (tertiary/aromatic N) is 3. The zero-order valence-electron chi connectivity index (χ0n) is 12.8. The Bertz CT molecular complexity index is 372. The zero-order chi connectivity index (χ0) is 14.2. The molecule has 0 atom stereocenters. The van der Waals surface area contributed by atoms with Crippen molar-refractivity contribution in [1.82, 2.24) is 20.1 Å². The SMILES string of the molecule is CC(C)Cn1ncnc1CNCCOC1CCCCC1. The van der Waals surface area contributed by atoms with Crippen molar-refractivity contribution >= 4 is 0 Å². The molecule has 1 N–H and O–H groups in total. The lowest BCUT2D eigenvalue weighted by molar-refractivity contribution is 0.0301. The average Bonchev–Trinajstić information content (AvgIpc) is 2.86. The highest BCUT2D eigenvalue weighted by atomic mass is 16.5. The Morgan fingerprint density at radius 1 is 1.35 bits per heavy atom. The first kappa shape index (κ1) is 15.4. The molecule has 5 heteroatoms. The lowest BCUT2D eigenvalue weighted by atomic mass is 9.98. The van der Waals surface area contributed by atoms with E-state index in [9.17, 15) is 0 Å². The molecule has 1 aromatic rings. The van der Waals surface area contributed by atoms with Gasteiger partial charge in [0.25, 0.3) is 0 Å². The third-order valence-corrected chi connectivity index (χ3v) is 3.70. The van der Waals surface area contributed by atoms with Crippen molar-refractivity contribution in [2.75, 3.05) is 13.2 Å². The second-order valence-electron chi connectivity index (χ2n) is 6.06. The largest absolute Gasteiger partial charge is 0.377 e. The molecule has 1 heterocycles. The maximum absolute atomic E-state index is 5.89. The maximum atomic E-state index is 5.89. The van der Waals surface area contributed by atoms with Crippen LogP contribution in [0.1, 0.15) is 51.8 Å². The van der Waals surface area contributed by atoms with Gasteiger partial charge in [0.1, 0.15) is 12.2 Å². The summed E-state index contributed by atoms with van der Waals surface area (Å²) in [4.78, 5) is 4.31. The highest BCUT2D eigenvalue weighted by Gasteiger charge is 2.13. The smallest absolute Gasteiger partial charge is 0.140 e. The van der Waals surface area contributed by atoms with E-state index in [0.29, 0.717) is 12.0 Å². The minimum atomic E-state index is 0.496. The van der Waals surface area contributed by atoms with Gasteiger partial charge in [-0.3, -0.25) is 0 Å². The number of hydrogen-bond donors (Lipinski definition) is 1. The fourth-order valence-corrected chi connectivity index (χ4v) is 2.65. The molecule has 0 amide bonds. The molecule has 20 heavy (non-hydrogen) atoms.